The van der Waals surface area contributed by atoms with Crippen LogP contribution in [-0.2, 0) is 26.2 Å². The van der Waals surface area contributed by atoms with Crippen molar-refractivity contribution in [3.8, 4) is 23.3 Å². The SMILES string of the molecule is COCC(=O)NN1CCC(Oc2ccccc2CCN(C)CCCC(C#N)(c2ccc(OC)c(OC)c2)C(C)C)(C(C)O[N+](=O)[O-])CC1. The Morgan fingerprint density at radius 1 is 1.08 bits per heavy atom. The minimum Gasteiger partial charge on any atom is -0.493 e. The third-order valence-corrected chi connectivity index (χ3v) is 9.40. The molecule has 2 aromatic rings. The number of ether oxygens (including phenoxy) is 4. The van der Waals surface area contributed by atoms with Crippen LogP contribution in [0.3, 0.4) is 0 Å². The highest BCUT2D eigenvalue weighted by molar-refractivity contribution is 5.76. The van der Waals surface area contributed by atoms with Crippen LogP contribution in [0.2, 0.25) is 0 Å². The number of amides is 1. The molecule has 264 valence electrons. The highest BCUT2D eigenvalue weighted by atomic mass is 17.0. The molecule has 0 bridgehead atoms. The van der Waals surface area contributed by atoms with Gasteiger partial charge in [-0.2, -0.15) is 5.26 Å². The molecular formula is C35H51N5O8. The van der Waals surface area contributed by atoms with Gasteiger partial charge in [-0.3, -0.25) is 10.2 Å². The van der Waals surface area contributed by atoms with Gasteiger partial charge in [0.1, 0.15) is 24.1 Å². The molecule has 2 atom stereocenters. The maximum absolute atomic E-state index is 12.0. The van der Waals surface area contributed by atoms with Crippen LogP contribution >= 0.6 is 0 Å². The summed E-state index contributed by atoms with van der Waals surface area (Å²) in [5, 5.41) is 22.7. The third kappa shape index (κ3) is 9.71. The zero-order valence-electron chi connectivity index (χ0n) is 29.3. The molecule has 0 radical (unpaired) electrons. The van der Waals surface area contributed by atoms with Crippen LogP contribution in [0, 0.1) is 27.4 Å². The summed E-state index contributed by atoms with van der Waals surface area (Å²) in [5.41, 5.74) is 3.05. The summed E-state index contributed by atoms with van der Waals surface area (Å²) in [7, 11) is 6.71. The average molecular weight is 670 g/mol. The number of hydrogen-bond donors (Lipinski definition) is 1. The van der Waals surface area contributed by atoms with E-state index in [1.165, 1.54) is 7.11 Å². The van der Waals surface area contributed by atoms with Crippen molar-refractivity contribution in [3.05, 3.63) is 63.7 Å². The van der Waals surface area contributed by atoms with Gasteiger partial charge in [-0.25, -0.2) is 5.01 Å². The molecule has 13 nitrogen and oxygen atoms in total. The van der Waals surface area contributed by atoms with E-state index in [-0.39, 0.29) is 18.4 Å². The van der Waals surface area contributed by atoms with Crippen LogP contribution in [0.5, 0.6) is 17.2 Å². The molecule has 1 aliphatic rings. The number of likely N-dealkylation sites (N-methyl/N-ethyl adjacent to an activating group) is 1. The van der Waals surface area contributed by atoms with E-state index in [0.717, 1.165) is 30.6 Å². The normalized spacial score (nSPS) is 16.4. The van der Waals surface area contributed by atoms with E-state index in [1.54, 1.807) is 26.2 Å². The van der Waals surface area contributed by atoms with Crippen LogP contribution in [0.4, 0.5) is 0 Å². The molecule has 1 saturated heterocycles. The van der Waals surface area contributed by atoms with Crippen molar-refractivity contribution in [2.24, 2.45) is 5.92 Å². The number of methoxy groups -OCH3 is 3. The molecule has 1 N–H and O–H groups in total. The number of hydrazine groups is 1. The summed E-state index contributed by atoms with van der Waals surface area (Å²) in [6.07, 6.45) is 2.15. The molecule has 2 aromatic carbocycles. The molecular weight excluding hydrogens is 618 g/mol. The van der Waals surface area contributed by atoms with Crippen molar-refractivity contribution in [3.63, 3.8) is 0 Å². The Morgan fingerprint density at radius 3 is 2.38 bits per heavy atom. The van der Waals surface area contributed by atoms with E-state index < -0.39 is 22.2 Å². The number of para-hydroxylation sites is 1. The van der Waals surface area contributed by atoms with E-state index in [0.29, 0.717) is 56.0 Å². The Morgan fingerprint density at radius 2 is 1.77 bits per heavy atom. The summed E-state index contributed by atoms with van der Waals surface area (Å²) in [6, 6.07) is 16.1. The van der Waals surface area contributed by atoms with Crippen LogP contribution in [0.15, 0.2) is 42.5 Å². The predicted octanol–water partition coefficient (Wildman–Crippen LogP) is 4.56. The zero-order chi connectivity index (χ0) is 35.3. The van der Waals surface area contributed by atoms with Gasteiger partial charge >= 0.3 is 0 Å². The van der Waals surface area contributed by atoms with Gasteiger partial charge in [0.15, 0.2) is 11.5 Å². The van der Waals surface area contributed by atoms with E-state index in [2.05, 4.69) is 37.3 Å². The number of carbonyl (C=O) groups is 1. The first-order valence-corrected chi connectivity index (χ1v) is 16.4. The molecule has 1 fully saturated rings. The Labute approximate surface area is 284 Å². The number of piperidine rings is 1. The topological polar surface area (TPSA) is 149 Å². The van der Waals surface area contributed by atoms with Gasteiger partial charge in [-0.05, 0) is 75.0 Å². The number of nitriles is 1. The second-order valence-electron chi connectivity index (χ2n) is 12.7. The molecule has 1 amide bonds. The first kappa shape index (κ1) is 38.3. The number of nitrogens with zero attached hydrogens (tertiary/aromatic N) is 4. The molecule has 0 aromatic heterocycles. The number of carbonyl (C=O) groups excluding carboxylic acids is 1. The average Bonchev–Trinajstić information content (AvgIpc) is 3.06. The monoisotopic (exact) mass is 669 g/mol. The van der Waals surface area contributed by atoms with Crippen LogP contribution in [-0.4, -0.2) is 93.8 Å². The van der Waals surface area contributed by atoms with E-state index in [4.69, 9.17) is 23.8 Å². The minimum absolute atomic E-state index is 0.0599. The Kier molecular flexibility index (Phi) is 14.3. The summed E-state index contributed by atoms with van der Waals surface area (Å²) in [4.78, 5) is 30.6. The lowest BCUT2D eigenvalue weighted by atomic mass is 9.69. The standard InChI is InChI=1S/C35H51N5O8/c1-26(2)34(25-36,29-13-14-31(45-6)32(23-29)46-7)16-10-19-38(4)20-15-28-11-8-9-12-30(28)47-35(27(3)48-40(42)43)17-21-39(22-18-35)37-33(41)24-44-5/h8-9,11-14,23,26-27H,10,15-22,24H2,1-7H3,(H,37,41). The Hall–Kier alpha value is -4.12. The van der Waals surface area contributed by atoms with Gasteiger partial charge in [0.2, 0.25) is 0 Å². The highest BCUT2D eigenvalue weighted by Gasteiger charge is 2.44. The zero-order valence-corrected chi connectivity index (χ0v) is 29.3. The predicted molar refractivity (Wildman–Crippen MR) is 180 cm³/mol. The molecule has 0 spiro atoms. The van der Waals surface area contributed by atoms with Crippen molar-refractivity contribution in [1.29, 1.82) is 5.26 Å². The second kappa shape index (κ2) is 17.9. The number of rotatable bonds is 19. The van der Waals surface area contributed by atoms with Crippen molar-refractivity contribution >= 4 is 5.91 Å². The number of nitrogens with one attached hydrogen (secondary N) is 1. The fourth-order valence-corrected chi connectivity index (χ4v) is 6.36. The van der Waals surface area contributed by atoms with Crippen LogP contribution < -0.4 is 19.6 Å². The van der Waals surface area contributed by atoms with Gasteiger partial charge in [-0.15, -0.1) is 10.1 Å². The highest BCUT2D eigenvalue weighted by Crippen LogP contribution is 2.40. The summed E-state index contributed by atoms with van der Waals surface area (Å²) < 4.78 is 22.5. The molecule has 0 aliphatic carbocycles. The molecule has 13 heteroatoms. The quantitative estimate of drug-likeness (QED) is 0.166. The van der Waals surface area contributed by atoms with Crippen molar-refractivity contribution in [2.75, 3.05) is 61.2 Å². The lowest BCUT2D eigenvalue weighted by Gasteiger charge is -2.44. The number of benzene rings is 2. The third-order valence-electron chi connectivity index (χ3n) is 9.40. The van der Waals surface area contributed by atoms with Crippen molar-refractivity contribution in [2.45, 2.75) is 70.0 Å². The van der Waals surface area contributed by atoms with E-state index >= 15 is 0 Å². The maximum atomic E-state index is 12.0. The summed E-state index contributed by atoms with van der Waals surface area (Å²) in [6.45, 7) is 8.12. The first-order valence-electron chi connectivity index (χ1n) is 16.4. The largest absolute Gasteiger partial charge is 0.493 e. The fraction of sp³-hybridized carbons (Fsp3) is 0.600. The minimum atomic E-state index is -0.973. The summed E-state index contributed by atoms with van der Waals surface area (Å²) in [5.74, 6) is 1.70. The molecule has 48 heavy (non-hydrogen) atoms. The van der Waals surface area contributed by atoms with Gasteiger partial charge in [0.25, 0.3) is 11.0 Å². The second-order valence-corrected chi connectivity index (χ2v) is 12.7. The molecule has 2 unspecified atom stereocenters. The summed E-state index contributed by atoms with van der Waals surface area (Å²) >= 11 is 0. The van der Waals surface area contributed by atoms with Gasteiger partial charge in [-0.1, -0.05) is 38.1 Å². The maximum Gasteiger partial charge on any atom is 0.294 e. The van der Waals surface area contributed by atoms with Crippen molar-refractivity contribution in [1.82, 2.24) is 15.3 Å². The van der Waals surface area contributed by atoms with Gasteiger partial charge in [0.05, 0.1) is 25.7 Å². The van der Waals surface area contributed by atoms with Crippen molar-refractivity contribution < 1.29 is 33.7 Å². The molecule has 0 saturated carbocycles. The lowest BCUT2D eigenvalue weighted by molar-refractivity contribution is -0.771. The van der Waals surface area contributed by atoms with E-state index in [1.807, 2.05) is 42.5 Å². The molecule has 3 rings (SSSR count). The fourth-order valence-electron chi connectivity index (χ4n) is 6.36. The van der Waals surface area contributed by atoms with Crippen LogP contribution in [0.1, 0.15) is 57.6 Å². The van der Waals surface area contributed by atoms with Crippen LogP contribution in [0.25, 0.3) is 0 Å². The molecule has 1 aliphatic heterocycles. The number of hydrogen-bond acceptors (Lipinski definition) is 11. The Bertz CT molecular complexity index is 1390. The van der Waals surface area contributed by atoms with Gasteiger partial charge in [0, 0.05) is 39.6 Å². The Balaban J connectivity index is 1.67. The van der Waals surface area contributed by atoms with E-state index in [9.17, 15) is 20.2 Å². The lowest BCUT2D eigenvalue weighted by Crippen LogP contribution is -2.58. The molecule has 1 heterocycles. The smallest absolute Gasteiger partial charge is 0.294 e. The first-order chi connectivity index (χ1) is 22.9. The van der Waals surface area contributed by atoms with Gasteiger partial charge < -0.3 is 28.7 Å².